The third kappa shape index (κ3) is 5.08. The SMILES string of the molecule is CCOC(=O)CCCOc1ccc(Br)cc1N. The van der Waals surface area contributed by atoms with Gasteiger partial charge in [0.2, 0.25) is 0 Å². The van der Waals surface area contributed by atoms with Crippen molar-refractivity contribution < 1.29 is 14.3 Å². The minimum atomic E-state index is -0.195. The van der Waals surface area contributed by atoms with Gasteiger partial charge < -0.3 is 15.2 Å². The van der Waals surface area contributed by atoms with Crippen molar-refractivity contribution in [1.29, 1.82) is 0 Å². The van der Waals surface area contributed by atoms with Gasteiger partial charge in [-0.15, -0.1) is 0 Å². The van der Waals surface area contributed by atoms with Crippen LogP contribution in [0.25, 0.3) is 0 Å². The zero-order chi connectivity index (χ0) is 12.7. The maximum absolute atomic E-state index is 11.1. The number of carbonyl (C=O) groups is 1. The lowest BCUT2D eigenvalue weighted by Gasteiger charge is -2.08. The van der Waals surface area contributed by atoms with Gasteiger partial charge in [-0.25, -0.2) is 0 Å². The van der Waals surface area contributed by atoms with Crippen LogP contribution in [0.1, 0.15) is 19.8 Å². The molecule has 0 saturated heterocycles. The first-order chi connectivity index (χ1) is 8.13. The van der Waals surface area contributed by atoms with Gasteiger partial charge in [0.25, 0.3) is 0 Å². The van der Waals surface area contributed by atoms with Crippen molar-refractivity contribution in [2.24, 2.45) is 0 Å². The summed E-state index contributed by atoms with van der Waals surface area (Å²) in [5.74, 6) is 0.442. The molecule has 0 atom stereocenters. The molecule has 0 unspecified atom stereocenters. The summed E-state index contributed by atoms with van der Waals surface area (Å²) in [4.78, 5) is 11.1. The van der Waals surface area contributed by atoms with Crippen LogP contribution in [0, 0.1) is 0 Å². The minimum Gasteiger partial charge on any atom is -0.491 e. The Labute approximate surface area is 109 Å². The van der Waals surface area contributed by atoms with E-state index in [1.54, 1.807) is 19.1 Å². The fourth-order valence-corrected chi connectivity index (χ4v) is 1.66. The smallest absolute Gasteiger partial charge is 0.305 e. The second-order valence-corrected chi connectivity index (χ2v) is 4.35. The Kier molecular flexibility index (Phi) is 5.83. The second kappa shape index (κ2) is 7.17. The van der Waals surface area contributed by atoms with Gasteiger partial charge in [0.15, 0.2) is 0 Å². The molecule has 0 spiro atoms. The van der Waals surface area contributed by atoms with Crippen molar-refractivity contribution in [3.63, 3.8) is 0 Å². The van der Waals surface area contributed by atoms with Crippen LogP contribution < -0.4 is 10.5 Å². The molecule has 4 nitrogen and oxygen atoms in total. The molecule has 1 aromatic carbocycles. The Morgan fingerprint density at radius 2 is 2.24 bits per heavy atom. The molecule has 0 aliphatic heterocycles. The molecule has 0 fully saturated rings. The van der Waals surface area contributed by atoms with Crippen LogP contribution in [0.5, 0.6) is 5.75 Å². The molecule has 94 valence electrons. The Morgan fingerprint density at radius 3 is 2.88 bits per heavy atom. The quantitative estimate of drug-likeness (QED) is 0.498. The Bertz CT molecular complexity index is 382. The molecule has 5 heteroatoms. The number of benzene rings is 1. The molecular formula is C12H16BrNO3. The molecule has 0 amide bonds. The van der Waals surface area contributed by atoms with E-state index in [0.717, 1.165) is 4.47 Å². The Morgan fingerprint density at radius 1 is 1.47 bits per heavy atom. The molecule has 2 N–H and O–H groups in total. The molecule has 0 radical (unpaired) electrons. The number of nitrogens with two attached hydrogens (primary N) is 1. The molecule has 0 aliphatic carbocycles. The van der Waals surface area contributed by atoms with Crippen LogP contribution >= 0.6 is 15.9 Å². The summed E-state index contributed by atoms with van der Waals surface area (Å²) in [5.41, 5.74) is 6.34. The summed E-state index contributed by atoms with van der Waals surface area (Å²) in [6, 6.07) is 5.43. The van der Waals surface area contributed by atoms with Crippen molar-refractivity contribution >= 4 is 27.6 Å². The van der Waals surface area contributed by atoms with Crippen LogP contribution in [-0.4, -0.2) is 19.2 Å². The third-order valence-electron chi connectivity index (χ3n) is 2.06. The topological polar surface area (TPSA) is 61.5 Å². The van der Waals surface area contributed by atoms with E-state index < -0.39 is 0 Å². The Hall–Kier alpha value is -1.23. The van der Waals surface area contributed by atoms with Gasteiger partial charge >= 0.3 is 5.97 Å². The number of nitrogen functional groups attached to an aromatic ring is 1. The van der Waals surface area contributed by atoms with Gasteiger partial charge in [0.1, 0.15) is 5.75 Å². The molecule has 0 saturated carbocycles. The Balaban J connectivity index is 2.29. The fourth-order valence-electron chi connectivity index (χ4n) is 1.28. The molecule has 0 bridgehead atoms. The summed E-state index contributed by atoms with van der Waals surface area (Å²) in [5, 5.41) is 0. The summed E-state index contributed by atoms with van der Waals surface area (Å²) < 4.78 is 11.2. The van der Waals surface area contributed by atoms with E-state index in [0.29, 0.717) is 37.5 Å². The van der Waals surface area contributed by atoms with E-state index in [-0.39, 0.29) is 5.97 Å². The number of halogens is 1. The van der Waals surface area contributed by atoms with Crippen LogP contribution in [0.4, 0.5) is 5.69 Å². The lowest BCUT2D eigenvalue weighted by Crippen LogP contribution is -2.07. The largest absolute Gasteiger partial charge is 0.491 e. The van der Waals surface area contributed by atoms with Gasteiger partial charge in [0.05, 0.1) is 18.9 Å². The number of carbonyl (C=O) groups excluding carboxylic acids is 1. The number of rotatable bonds is 6. The maximum atomic E-state index is 11.1. The van der Waals surface area contributed by atoms with E-state index in [1.165, 1.54) is 0 Å². The lowest BCUT2D eigenvalue weighted by molar-refractivity contribution is -0.143. The fraction of sp³-hybridized carbons (Fsp3) is 0.417. The highest BCUT2D eigenvalue weighted by Crippen LogP contribution is 2.25. The molecule has 0 heterocycles. The highest BCUT2D eigenvalue weighted by atomic mass is 79.9. The summed E-state index contributed by atoms with van der Waals surface area (Å²) in [6.45, 7) is 2.65. The number of hydrogen-bond donors (Lipinski definition) is 1. The standard InChI is InChI=1S/C12H16BrNO3/c1-2-16-12(15)4-3-7-17-11-6-5-9(13)8-10(11)14/h5-6,8H,2-4,7,14H2,1H3. The highest BCUT2D eigenvalue weighted by molar-refractivity contribution is 9.10. The van der Waals surface area contributed by atoms with Gasteiger partial charge in [-0.3, -0.25) is 4.79 Å². The first-order valence-electron chi connectivity index (χ1n) is 5.47. The number of ether oxygens (including phenoxy) is 2. The summed E-state index contributed by atoms with van der Waals surface area (Å²) in [6.07, 6.45) is 0.985. The van der Waals surface area contributed by atoms with Gasteiger partial charge in [-0.05, 0) is 31.5 Å². The maximum Gasteiger partial charge on any atom is 0.305 e. The van der Waals surface area contributed by atoms with E-state index in [9.17, 15) is 4.79 Å². The normalized spacial score (nSPS) is 10.0. The highest BCUT2D eigenvalue weighted by Gasteiger charge is 2.03. The van der Waals surface area contributed by atoms with Crippen LogP contribution in [0.15, 0.2) is 22.7 Å². The van der Waals surface area contributed by atoms with E-state index in [4.69, 9.17) is 15.2 Å². The molecule has 0 aromatic heterocycles. The second-order valence-electron chi connectivity index (χ2n) is 3.44. The lowest BCUT2D eigenvalue weighted by atomic mass is 10.3. The van der Waals surface area contributed by atoms with E-state index in [1.807, 2.05) is 6.07 Å². The average molecular weight is 302 g/mol. The molecule has 1 rings (SSSR count). The zero-order valence-electron chi connectivity index (χ0n) is 9.74. The van der Waals surface area contributed by atoms with Crippen molar-refractivity contribution in [1.82, 2.24) is 0 Å². The predicted octanol–water partition coefficient (Wildman–Crippen LogP) is 2.75. The molecule has 0 aliphatic rings. The minimum absolute atomic E-state index is 0.195. The molecular weight excluding hydrogens is 286 g/mol. The van der Waals surface area contributed by atoms with Crippen molar-refractivity contribution in [3.8, 4) is 5.75 Å². The van der Waals surface area contributed by atoms with Crippen molar-refractivity contribution in [2.45, 2.75) is 19.8 Å². The number of esters is 1. The van der Waals surface area contributed by atoms with Crippen molar-refractivity contribution in [2.75, 3.05) is 18.9 Å². The van der Waals surface area contributed by atoms with E-state index in [2.05, 4.69) is 15.9 Å². The molecule has 17 heavy (non-hydrogen) atoms. The zero-order valence-corrected chi connectivity index (χ0v) is 11.3. The van der Waals surface area contributed by atoms with Crippen molar-refractivity contribution in [3.05, 3.63) is 22.7 Å². The van der Waals surface area contributed by atoms with Gasteiger partial charge in [0, 0.05) is 10.9 Å². The number of anilines is 1. The monoisotopic (exact) mass is 301 g/mol. The van der Waals surface area contributed by atoms with Gasteiger partial charge in [-0.1, -0.05) is 15.9 Å². The van der Waals surface area contributed by atoms with Crippen LogP contribution in [-0.2, 0) is 9.53 Å². The first kappa shape index (κ1) is 13.8. The summed E-state index contributed by atoms with van der Waals surface area (Å²) in [7, 11) is 0. The van der Waals surface area contributed by atoms with Gasteiger partial charge in [-0.2, -0.15) is 0 Å². The van der Waals surface area contributed by atoms with E-state index >= 15 is 0 Å². The first-order valence-corrected chi connectivity index (χ1v) is 6.26. The summed E-state index contributed by atoms with van der Waals surface area (Å²) >= 11 is 3.32. The third-order valence-corrected chi connectivity index (χ3v) is 2.55. The van der Waals surface area contributed by atoms with Crippen LogP contribution in [0.2, 0.25) is 0 Å². The average Bonchev–Trinajstić information content (AvgIpc) is 2.27. The van der Waals surface area contributed by atoms with Crippen LogP contribution in [0.3, 0.4) is 0 Å². The molecule has 1 aromatic rings. The predicted molar refractivity (Wildman–Crippen MR) is 69.9 cm³/mol. The number of hydrogen-bond acceptors (Lipinski definition) is 4.